The molecular weight excluding hydrogens is 255 g/mol. The van der Waals surface area contributed by atoms with Crippen LogP contribution in [0.3, 0.4) is 0 Å². The van der Waals surface area contributed by atoms with E-state index in [0.717, 1.165) is 5.56 Å². The van der Waals surface area contributed by atoms with Gasteiger partial charge in [0.2, 0.25) is 0 Å². The molecule has 0 heterocycles. The zero-order valence-corrected chi connectivity index (χ0v) is 11.0. The molecule has 3 heteroatoms. The maximum Gasteiger partial charge on any atom is 0.338 e. The van der Waals surface area contributed by atoms with Crippen molar-refractivity contribution in [2.24, 2.45) is 0 Å². The smallest absolute Gasteiger partial charge is 0.338 e. The van der Waals surface area contributed by atoms with Crippen LogP contribution in [0.15, 0.2) is 42.5 Å². The van der Waals surface area contributed by atoms with Gasteiger partial charge in [0.15, 0.2) is 0 Å². The van der Waals surface area contributed by atoms with E-state index < -0.39 is 11.8 Å². The van der Waals surface area contributed by atoms with Gasteiger partial charge in [-0.1, -0.05) is 42.8 Å². The Kier molecular flexibility index (Phi) is 3.26. The Bertz CT molecular complexity index is 660. The summed E-state index contributed by atoms with van der Waals surface area (Å²) in [5.74, 6) is -1.33. The van der Waals surface area contributed by atoms with Crippen molar-refractivity contribution in [3.05, 3.63) is 59.4 Å². The molecule has 0 spiro atoms. The lowest BCUT2D eigenvalue weighted by molar-refractivity contribution is 0.0692. The minimum Gasteiger partial charge on any atom is -0.478 e. The third-order valence-electron chi connectivity index (χ3n) is 4.00. The summed E-state index contributed by atoms with van der Waals surface area (Å²) in [5, 5.41) is 8.99. The molecule has 0 unspecified atom stereocenters. The van der Waals surface area contributed by atoms with E-state index in [2.05, 4.69) is 6.07 Å². The lowest BCUT2D eigenvalue weighted by atomic mass is 9.79. The second-order valence-electron chi connectivity index (χ2n) is 5.23. The van der Waals surface area contributed by atoms with Gasteiger partial charge in [-0.2, -0.15) is 0 Å². The lowest BCUT2D eigenvalue weighted by Gasteiger charge is -2.26. The molecule has 20 heavy (non-hydrogen) atoms. The van der Waals surface area contributed by atoms with E-state index in [-0.39, 0.29) is 5.56 Å². The van der Waals surface area contributed by atoms with Crippen LogP contribution in [0.1, 0.15) is 41.1 Å². The summed E-state index contributed by atoms with van der Waals surface area (Å²) < 4.78 is 14.3. The monoisotopic (exact) mass is 270 g/mol. The Hall–Kier alpha value is -2.16. The molecule has 0 aliphatic heterocycles. The van der Waals surface area contributed by atoms with Gasteiger partial charge in [0.1, 0.15) is 5.82 Å². The van der Waals surface area contributed by atoms with E-state index in [9.17, 15) is 9.18 Å². The Labute approximate surface area is 116 Å². The standard InChI is InChI=1S/C17H15FO2/c18-16-14(8-3-9-15(16)17(19)20)13-7-2-6-12(10-13)11-4-1-5-11/h2-3,6-11H,1,4-5H2,(H,19,20). The van der Waals surface area contributed by atoms with E-state index in [0.29, 0.717) is 11.5 Å². The molecule has 2 aromatic rings. The van der Waals surface area contributed by atoms with Crippen molar-refractivity contribution in [3.63, 3.8) is 0 Å². The Balaban J connectivity index is 2.04. The molecule has 1 fully saturated rings. The van der Waals surface area contributed by atoms with Crippen LogP contribution >= 0.6 is 0 Å². The highest BCUT2D eigenvalue weighted by Crippen LogP contribution is 2.38. The molecular formula is C17H15FO2. The van der Waals surface area contributed by atoms with E-state index >= 15 is 0 Å². The molecule has 1 aliphatic rings. The highest BCUT2D eigenvalue weighted by atomic mass is 19.1. The lowest BCUT2D eigenvalue weighted by Crippen LogP contribution is -2.08. The third kappa shape index (κ3) is 2.20. The number of rotatable bonds is 3. The predicted molar refractivity (Wildman–Crippen MR) is 75.4 cm³/mol. The van der Waals surface area contributed by atoms with Gasteiger partial charge in [-0.05, 0) is 36.0 Å². The molecule has 0 amide bonds. The molecule has 0 bridgehead atoms. The number of hydrogen-bond acceptors (Lipinski definition) is 1. The first-order valence-corrected chi connectivity index (χ1v) is 6.79. The van der Waals surface area contributed by atoms with Crippen molar-refractivity contribution in [2.45, 2.75) is 25.2 Å². The number of hydrogen-bond donors (Lipinski definition) is 1. The zero-order valence-electron chi connectivity index (χ0n) is 11.0. The minimum atomic E-state index is -1.24. The van der Waals surface area contributed by atoms with Crippen molar-refractivity contribution in [2.75, 3.05) is 0 Å². The van der Waals surface area contributed by atoms with Crippen molar-refractivity contribution in [1.29, 1.82) is 0 Å². The summed E-state index contributed by atoms with van der Waals surface area (Å²) in [5.41, 5.74) is 2.03. The molecule has 0 saturated heterocycles. The van der Waals surface area contributed by atoms with E-state index in [4.69, 9.17) is 5.11 Å². The molecule has 1 N–H and O–H groups in total. The SMILES string of the molecule is O=C(O)c1cccc(-c2cccc(C3CCC3)c2)c1F. The summed E-state index contributed by atoms with van der Waals surface area (Å²) in [4.78, 5) is 11.0. The van der Waals surface area contributed by atoms with E-state index in [1.165, 1.54) is 30.9 Å². The first-order chi connectivity index (χ1) is 9.66. The number of benzene rings is 2. The Morgan fingerprint density at radius 1 is 1.15 bits per heavy atom. The van der Waals surface area contributed by atoms with Crippen LogP contribution < -0.4 is 0 Å². The summed E-state index contributed by atoms with van der Waals surface area (Å²) in [7, 11) is 0. The van der Waals surface area contributed by atoms with E-state index in [1.54, 1.807) is 12.1 Å². The topological polar surface area (TPSA) is 37.3 Å². The van der Waals surface area contributed by atoms with Crippen LogP contribution in [0.5, 0.6) is 0 Å². The molecule has 2 aromatic carbocycles. The number of aromatic carboxylic acids is 1. The fourth-order valence-corrected chi connectivity index (χ4v) is 2.62. The molecule has 0 aromatic heterocycles. The maximum atomic E-state index is 14.3. The highest BCUT2D eigenvalue weighted by Gasteiger charge is 2.20. The second-order valence-corrected chi connectivity index (χ2v) is 5.23. The van der Waals surface area contributed by atoms with Crippen LogP contribution in [0.4, 0.5) is 4.39 Å². The van der Waals surface area contributed by atoms with Crippen LogP contribution in [-0.2, 0) is 0 Å². The minimum absolute atomic E-state index is 0.281. The van der Waals surface area contributed by atoms with Crippen LogP contribution in [0.25, 0.3) is 11.1 Å². The number of carboxylic acid groups (broad SMARTS) is 1. The van der Waals surface area contributed by atoms with Crippen LogP contribution in [-0.4, -0.2) is 11.1 Å². The summed E-state index contributed by atoms with van der Waals surface area (Å²) >= 11 is 0. The second kappa shape index (κ2) is 5.08. The molecule has 102 valence electrons. The average Bonchev–Trinajstić information content (AvgIpc) is 2.37. The fourth-order valence-electron chi connectivity index (χ4n) is 2.62. The van der Waals surface area contributed by atoms with Crippen LogP contribution in [0, 0.1) is 5.82 Å². The quantitative estimate of drug-likeness (QED) is 0.894. The van der Waals surface area contributed by atoms with Gasteiger partial charge in [-0.3, -0.25) is 0 Å². The Morgan fingerprint density at radius 2 is 1.90 bits per heavy atom. The molecule has 2 nitrogen and oxygen atoms in total. The summed E-state index contributed by atoms with van der Waals surface area (Å²) in [6.45, 7) is 0. The van der Waals surface area contributed by atoms with Crippen molar-refractivity contribution >= 4 is 5.97 Å². The first-order valence-electron chi connectivity index (χ1n) is 6.79. The first kappa shape index (κ1) is 12.9. The molecule has 3 rings (SSSR count). The predicted octanol–water partition coefficient (Wildman–Crippen LogP) is 4.46. The van der Waals surface area contributed by atoms with Gasteiger partial charge in [-0.25, -0.2) is 9.18 Å². The number of halogens is 1. The van der Waals surface area contributed by atoms with Crippen LogP contribution in [0.2, 0.25) is 0 Å². The molecule has 0 radical (unpaired) electrons. The zero-order chi connectivity index (χ0) is 14.1. The summed E-state index contributed by atoms with van der Waals surface area (Å²) in [6.07, 6.45) is 3.61. The molecule has 1 aliphatic carbocycles. The van der Waals surface area contributed by atoms with Crippen molar-refractivity contribution in [1.82, 2.24) is 0 Å². The van der Waals surface area contributed by atoms with E-state index in [1.807, 2.05) is 18.2 Å². The van der Waals surface area contributed by atoms with Gasteiger partial charge in [0.05, 0.1) is 5.56 Å². The maximum absolute atomic E-state index is 14.3. The van der Waals surface area contributed by atoms with Crippen molar-refractivity contribution in [3.8, 4) is 11.1 Å². The van der Waals surface area contributed by atoms with Gasteiger partial charge in [0, 0.05) is 5.56 Å². The van der Waals surface area contributed by atoms with Crippen molar-refractivity contribution < 1.29 is 14.3 Å². The molecule has 0 atom stereocenters. The number of carboxylic acids is 1. The number of carbonyl (C=O) groups is 1. The summed E-state index contributed by atoms with van der Waals surface area (Å²) in [6, 6.07) is 12.3. The van der Waals surface area contributed by atoms with Gasteiger partial charge in [0.25, 0.3) is 0 Å². The highest BCUT2D eigenvalue weighted by molar-refractivity contribution is 5.90. The Morgan fingerprint density at radius 3 is 2.55 bits per heavy atom. The largest absolute Gasteiger partial charge is 0.478 e. The van der Waals surface area contributed by atoms with Gasteiger partial charge < -0.3 is 5.11 Å². The molecule has 1 saturated carbocycles. The van der Waals surface area contributed by atoms with Gasteiger partial charge >= 0.3 is 5.97 Å². The average molecular weight is 270 g/mol. The van der Waals surface area contributed by atoms with Gasteiger partial charge in [-0.15, -0.1) is 0 Å². The third-order valence-corrected chi connectivity index (χ3v) is 4.00. The normalized spacial score (nSPS) is 14.8. The fraction of sp³-hybridized carbons (Fsp3) is 0.235.